The van der Waals surface area contributed by atoms with Crippen LogP contribution in [0.5, 0.6) is 0 Å². The zero-order chi connectivity index (χ0) is 11.8. The van der Waals surface area contributed by atoms with E-state index in [-0.39, 0.29) is 0 Å². The minimum atomic E-state index is 0.555. The number of hydrogen-bond acceptors (Lipinski definition) is 4. The van der Waals surface area contributed by atoms with Crippen molar-refractivity contribution in [3.05, 3.63) is 41.7 Å². The van der Waals surface area contributed by atoms with Gasteiger partial charge in [-0.3, -0.25) is 4.98 Å². The summed E-state index contributed by atoms with van der Waals surface area (Å²) >= 11 is 7.62. The predicted octanol–water partition coefficient (Wildman–Crippen LogP) is 3.59. The van der Waals surface area contributed by atoms with Gasteiger partial charge in [-0.05, 0) is 24.3 Å². The summed E-state index contributed by atoms with van der Waals surface area (Å²) in [5.41, 5.74) is 8.15. The van der Waals surface area contributed by atoms with Crippen LogP contribution in [-0.2, 0) is 0 Å². The molecular weight excluding hydrogens is 254 g/mol. The van der Waals surface area contributed by atoms with E-state index in [9.17, 15) is 0 Å². The van der Waals surface area contributed by atoms with Gasteiger partial charge in [0.2, 0.25) is 0 Å². The number of aromatic nitrogens is 2. The van der Waals surface area contributed by atoms with Gasteiger partial charge in [0.15, 0.2) is 0 Å². The van der Waals surface area contributed by atoms with Crippen LogP contribution in [0.1, 0.15) is 0 Å². The van der Waals surface area contributed by atoms with Crippen LogP contribution < -0.4 is 5.73 Å². The van der Waals surface area contributed by atoms with E-state index in [2.05, 4.69) is 9.97 Å². The van der Waals surface area contributed by atoms with E-state index in [1.54, 1.807) is 29.8 Å². The van der Waals surface area contributed by atoms with Gasteiger partial charge in [0.25, 0.3) is 0 Å². The molecule has 0 aliphatic rings. The van der Waals surface area contributed by atoms with Gasteiger partial charge >= 0.3 is 0 Å². The number of anilines is 1. The first-order valence-electron chi connectivity index (χ1n) is 5.00. The Labute approximate surface area is 107 Å². The number of thiazole rings is 1. The minimum absolute atomic E-state index is 0.555. The lowest BCUT2D eigenvalue weighted by Crippen LogP contribution is -1.86. The van der Waals surface area contributed by atoms with Crippen LogP contribution in [0.2, 0.25) is 5.02 Å². The van der Waals surface area contributed by atoms with Gasteiger partial charge in [-0.25, -0.2) is 4.98 Å². The van der Waals surface area contributed by atoms with E-state index in [1.165, 1.54) is 0 Å². The van der Waals surface area contributed by atoms with Gasteiger partial charge in [0.05, 0.1) is 21.6 Å². The summed E-state index contributed by atoms with van der Waals surface area (Å²) in [4.78, 5) is 8.56. The molecule has 0 aliphatic heterocycles. The Kier molecular flexibility index (Phi) is 2.46. The molecule has 1 aromatic carbocycles. The third kappa shape index (κ3) is 1.85. The molecule has 3 aromatic rings. The zero-order valence-corrected chi connectivity index (χ0v) is 10.3. The molecule has 2 N–H and O–H groups in total. The molecule has 5 heteroatoms. The van der Waals surface area contributed by atoms with Crippen LogP contribution in [0, 0.1) is 0 Å². The number of pyridine rings is 1. The van der Waals surface area contributed by atoms with Crippen molar-refractivity contribution in [2.45, 2.75) is 0 Å². The smallest absolute Gasteiger partial charge is 0.124 e. The fraction of sp³-hybridized carbons (Fsp3) is 0. The summed E-state index contributed by atoms with van der Waals surface area (Å²) in [6.07, 6.45) is 3.52. The average molecular weight is 262 g/mol. The second kappa shape index (κ2) is 3.98. The van der Waals surface area contributed by atoms with E-state index < -0.39 is 0 Å². The Morgan fingerprint density at radius 1 is 1.24 bits per heavy atom. The van der Waals surface area contributed by atoms with Gasteiger partial charge in [-0.2, -0.15) is 0 Å². The number of benzene rings is 1. The summed E-state index contributed by atoms with van der Waals surface area (Å²) in [7, 11) is 0. The molecule has 0 amide bonds. The molecule has 0 saturated heterocycles. The molecule has 17 heavy (non-hydrogen) atoms. The van der Waals surface area contributed by atoms with Crippen molar-refractivity contribution in [1.82, 2.24) is 9.97 Å². The fourth-order valence-electron chi connectivity index (χ4n) is 1.56. The van der Waals surface area contributed by atoms with Crippen LogP contribution in [0.4, 0.5) is 5.69 Å². The van der Waals surface area contributed by atoms with Gasteiger partial charge in [0.1, 0.15) is 10.5 Å². The number of nitrogens with two attached hydrogens (primary N) is 1. The number of rotatable bonds is 1. The van der Waals surface area contributed by atoms with Crippen LogP contribution in [0.3, 0.4) is 0 Å². The molecule has 3 nitrogen and oxygen atoms in total. The maximum absolute atomic E-state index is 6.00. The van der Waals surface area contributed by atoms with Crippen molar-refractivity contribution in [2.24, 2.45) is 0 Å². The maximum atomic E-state index is 6.00. The summed E-state index contributed by atoms with van der Waals surface area (Å²) in [5, 5.41) is 1.48. The molecule has 0 fully saturated rings. The zero-order valence-electron chi connectivity index (χ0n) is 8.72. The molecule has 3 rings (SSSR count). The van der Waals surface area contributed by atoms with Crippen molar-refractivity contribution in [2.75, 3.05) is 5.73 Å². The van der Waals surface area contributed by atoms with Crippen molar-refractivity contribution in [1.29, 1.82) is 0 Å². The summed E-state index contributed by atoms with van der Waals surface area (Å²) in [6, 6.07) is 7.51. The molecule has 0 bridgehead atoms. The molecule has 0 saturated carbocycles. The van der Waals surface area contributed by atoms with Gasteiger partial charge in [-0.15, -0.1) is 11.3 Å². The highest BCUT2D eigenvalue weighted by Gasteiger charge is 2.07. The standard InChI is InChI=1S/C12H8ClN3S/c13-8-5-7(1-2-9(8)14)12-16-10-6-15-4-3-11(10)17-12/h1-6H,14H2. The Bertz CT molecular complexity index is 660. The number of nitrogen functional groups attached to an aromatic ring is 1. The topological polar surface area (TPSA) is 51.8 Å². The monoisotopic (exact) mass is 261 g/mol. The highest BCUT2D eigenvalue weighted by Crippen LogP contribution is 2.32. The first-order chi connectivity index (χ1) is 8.24. The van der Waals surface area contributed by atoms with Crippen molar-refractivity contribution in [3.63, 3.8) is 0 Å². The van der Waals surface area contributed by atoms with Crippen LogP contribution in [-0.4, -0.2) is 9.97 Å². The Morgan fingerprint density at radius 2 is 2.12 bits per heavy atom. The number of fused-ring (bicyclic) bond motifs is 1. The van der Waals surface area contributed by atoms with Crippen molar-refractivity contribution < 1.29 is 0 Å². The number of nitrogens with zero attached hydrogens (tertiary/aromatic N) is 2. The average Bonchev–Trinajstić information content (AvgIpc) is 2.76. The van der Waals surface area contributed by atoms with Crippen molar-refractivity contribution in [3.8, 4) is 10.6 Å². The lowest BCUT2D eigenvalue weighted by Gasteiger charge is -1.99. The molecule has 84 valence electrons. The summed E-state index contributed by atoms with van der Waals surface area (Å²) < 4.78 is 1.11. The van der Waals surface area contributed by atoms with Crippen molar-refractivity contribution >= 4 is 38.8 Å². The lowest BCUT2D eigenvalue weighted by molar-refractivity contribution is 1.34. The number of halogens is 1. The molecule has 2 heterocycles. The first-order valence-corrected chi connectivity index (χ1v) is 6.19. The molecule has 0 radical (unpaired) electrons. The number of hydrogen-bond donors (Lipinski definition) is 1. The summed E-state index contributed by atoms with van der Waals surface area (Å²) in [6.45, 7) is 0. The molecule has 2 aromatic heterocycles. The normalized spacial score (nSPS) is 10.9. The van der Waals surface area contributed by atoms with Gasteiger partial charge in [0, 0.05) is 11.8 Å². The van der Waals surface area contributed by atoms with Crippen LogP contribution >= 0.6 is 22.9 Å². The highest BCUT2D eigenvalue weighted by atomic mass is 35.5. The Hall–Kier alpha value is -1.65. The van der Waals surface area contributed by atoms with E-state index >= 15 is 0 Å². The molecular formula is C12H8ClN3S. The second-order valence-corrected chi connectivity index (χ2v) is 5.04. The lowest BCUT2D eigenvalue weighted by atomic mass is 10.2. The van der Waals surface area contributed by atoms with Gasteiger partial charge < -0.3 is 5.73 Å². The Balaban J connectivity index is 2.17. The van der Waals surface area contributed by atoms with E-state index in [4.69, 9.17) is 17.3 Å². The maximum Gasteiger partial charge on any atom is 0.124 e. The van der Waals surface area contributed by atoms with E-state index in [0.29, 0.717) is 10.7 Å². The first kappa shape index (κ1) is 10.5. The van der Waals surface area contributed by atoms with Crippen LogP contribution in [0.15, 0.2) is 36.7 Å². The third-order valence-electron chi connectivity index (χ3n) is 2.44. The van der Waals surface area contributed by atoms with Crippen LogP contribution in [0.25, 0.3) is 20.8 Å². The molecule has 0 aliphatic carbocycles. The summed E-state index contributed by atoms with van der Waals surface area (Å²) in [5.74, 6) is 0. The highest BCUT2D eigenvalue weighted by molar-refractivity contribution is 7.21. The third-order valence-corrected chi connectivity index (χ3v) is 3.85. The van der Waals surface area contributed by atoms with Gasteiger partial charge in [-0.1, -0.05) is 11.6 Å². The predicted molar refractivity (Wildman–Crippen MR) is 72.3 cm³/mol. The quantitative estimate of drug-likeness (QED) is 0.681. The largest absolute Gasteiger partial charge is 0.398 e. The fourth-order valence-corrected chi connectivity index (χ4v) is 2.67. The SMILES string of the molecule is Nc1ccc(-c2nc3cnccc3s2)cc1Cl. The van der Waals surface area contributed by atoms with E-state index in [0.717, 1.165) is 20.8 Å². The Morgan fingerprint density at radius 3 is 2.88 bits per heavy atom. The minimum Gasteiger partial charge on any atom is -0.398 e. The molecule has 0 spiro atoms. The van der Waals surface area contributed by atoms with E-state index in [1.807, 2.05) is 18.2 Å². The molecule has 0 unspecified atom stereocenters. The molecule has 0 atom stereocenters. The second-order valence-electron chi connectivity index (χ2n) is 3.60.